The number of nitrogens with one attached hydrogen (secondary N) is 1. The van der Waals surface area contributed by atoms with E-state index in [2.05, 4.69) is 31.0 Å². The Morgan fingerprint density at radius 3 is 2.33 bits per heavy atom. The summed E-state index contributed by atoms with van der Waals surface area (Å²) < 4.78 is 0. The Labute approximate surface area is 133 Å². The molecule has 0 bridgehead atoms. The van der Waals surface area contributed by atoms with Crippen molar-refractivity contribution in [1.82, 2.24) is 10.2 Å². The van der Waals surface area contributed by atoms with Gasteiger partial charge in [0.05, 0.1) is 0 Å². The van der Waals surface area contributed by atoms with Gasteiger partial charge in [-0.05, 0) is 56.0 Å². The van der Waals surface area contributed by atoms with Crippen LogP contribution in [0.3, 0.4) is 0 Å². The van der Waals surface area contributed by atoms with Crippen LogP contribution >= 0.6 is 0 Å². The zero-order valence-electron chi connectivity index (χ0n) is 14.8. The van der Waals surface area contributed by atoms with Crippen molar-refractivity contribution in [3.05, 3.63) is 0 Å². The lowest BCUT2D eigenvalue weighted by atomic mass is 9.73. The highest BCUT2D eigenvalue weighted by Gasteiger charge is 2.34. The molecule has 0 radical (unpaired) electrons. The molecule has 0 aliphatic heterocycles. The Kier molecular flexibility index (Phi) is 7.01. The van der Waals surface area contributed by atoms with Gasteiger partial charge in [0.2, 0.25) is 0 Å². The van der Waals surface area contributed by atoms with Crippen LogP contribution in [0.15, 0.2) is 0 Å². The lowest BCUT2D eigenvalue weighted by Gasteiger charge is -2.43. The average Bonchev–Trinajstić information content (AvgIpc) is 2.42. The predicted octanol–water partition coefficient (Wildman–Crippen LogP) is 4.30. The molecular formula is C19H38N2. The minimum absolute atomic E-state index is 0.562. The van der Waals surface area contributed by atoms with Gasteiger partial charge in [-0.2, -0.15) is 0 Å². The standard InChI is InChI=1S/C19H38N2/c1-4-21(14-18-9-8-10-18)16-19(11-6-5-7-12-19)15-20-13-17(2)3/h17-18,20H,4-16H2,1-3H3. The predicted molar refractivity (Wildman–Crippen MR) is 92.7 cm³/mol. The zero-order chi connectivity index (χ0) is 15.1. The Morgan fingerprint density at radius 2 is 1.81 bits per heavy atom. The molecule has 0 heterocycles. The molecule has 0 amide bonds. The lowest BCUT2D eigenvalue weighted by Crippen LogP contribution is -2.47. The molecule has 2 aliphatic carbocycles. The number of rotatable bonds is 9. The van der Waals surface area contributed by atoms with Gasteiger partial charge in [-0.15, -0.1) is 0 Å². The van der Waals surface area contributed by atoms with Crippen molar-refractivity contribution in [2.24, 2.45) is 17.3 Å². The fourth-order valence-corrected chi connectivity index (χ4v) is 4.14. The van der Waals surface area contributed by atoms with E-state index in [1.807, 2.05) is 0 Å². The van der Waals surface area contributed by atoms with E-state index in [1.54, 1.807) is 0 Å². The first-order valence-corrected chi connectivity index (χ1v) is 9.56. The Balaban J connectivity index is 1.86. The summed E-state index contributed by atoms with van der Waals surface area (Å²) in [6, 6.07) is 0. The normalized spacial score (nSPS) is 22.7. The monoisotopic (exact) mass is 294 g/mol. The summed E-state index contributed by atoms with van der Waals surface area (Å²) in [5.41, 5.74) is 0.562. The quantitative estimate of drug-likeness (QED) is 0.682. The Bertz CT molecular complexity index is 277. The van der Waals surface area contributed by atoms with Crippen molar-refractivity contribution in [2.45, 2.75) is 72.1 Å². The molecule has 2 aliphatic rings. The van der Waals surface area contributed by atoms with Gasteiger partial charge in [-0.3, -0.25) is 0 Å². The van der Waals surface area contributed by atoms with Crippen LogP contribution in [-0.4, -0.2) is 37.6 Å². The smallest absolute Gasteiger partial charge is 0.00501 e. The van der Waals surface area contributed by atoms with Crippen molar-refractivity contribution in [2.75, 3.05) is 32.7 Å². The molecule has 0 aromatic carbocycles. The van der Waals surface area contributed by atoms with Crippen molar-refractivity contribution < 1.29 is 0 Å². The average molecular weight is 295 g/mol. The highest BCUT2D eigenvalue weighted by molar-refractivity contribution is 4.89. The fourth-order valence-electron chi connectivity index (χ4n) is 4.14. The van der Waals surface area contributed by atoms with Gasteiger partial charge in [-0.25, -0.2) is 0 Å². The molecule has 0 aromatic heterocycles. The molecule has 0 aromatic rings. The van der Waals surface area contributed by atoms with Crippen LogP contribution in [0.4, 0.5) is 0 Å². The molecule has 0 spiro atoms. The summed E-state index contributed by atoms with van der Waals surface area (Å²) in [4.78, 5) is 2.77. The molecular weight excluding hydrogens is 256 g/mol. The van der Waals surface area contributed by atoms with Crippen LogP contribution in [0, 0.1) is 17.3 Å². The molecule has 124 valence electrons. The fraction of sp³-hybridized carbons (Fsp3) is 1.00. The first-order valence-electron chi connectivity index (χ1n) is 9.56. The van der Waals surface area contributed by atoms with E-state index >= 15 is 0 Å². The summed E-state index contributed by atoms with van der Waals surface area (Å²) in [6.07, 6.45) is 11.7. The van der Waals surface area contributed by atoms with Gasteiger partial charge < -0.3 is 10.2 Å². The second-order valence-electron chi connectivity index (χ2n) is 8.21. The van der Waals surface area contributed by atoms with E-state index in [0.29, 0.717) is 5.41 Å². The van der Waals surface area contributed by atoms with E-state index in [9.17, 15) is 0 Å². The molecule has 1 N–H and O–H groups in total. The first kappa shape index (κ1) is 17.3. The molecule has 2 nitrogen and oxygen atoms in total. The van der Waals surface area contributed by atoms with Crippen LogP contribution < -0.4 is 5.32 Å². The van der Waals surface area contributed by atoms with Gasteiger partial charge >= 0.3 is 0 Å². The van der Waals surface area contributed by atoms with E-state index in [-0.39, 0.29) is 0 Å². The SMILES string of the molecule is CCN(CC1CCC1)CC1(CNCC(C)C)CCCCC1. The minimum Gasteiger partial charge on any atom is -0.316 e. The third-order valence-corrected chi connectivity index (χ3v) is 5.71. The highest BCUT2D eigenvalue weighted by atomic mass is 15.1. The molecule has 0 saturated heterocycles. The zero-order valence-corrected chi connectivity index (χ0v) is 14.8. The maximum atomic E-state index is 3.78. The molecule has 2 fully saturated rings. The summed E-state index contributed by atoms with van der Waals surface area (Å²) in [5, 5.41) is 3.78. The third kappa shape index (κ3) is 5.56. The lowest BCUT2D eigenvalue weighted by molar-refractivity contribution is 0.0824. The maximum absolute atomic E-state index is 3.78. The van der Waals surface area contributed by atoms with Crippen LogP contribution in [-0.2, 0) is 0 Å². The second kappa shape index (κ2) is 8.53. The largest absolute Gasteiger partial charge is 0.316 e. The minimum atomic E-state index is 0.562. The van der Waals surface area contributed by atoms with Crippen LogP contribution in [0.5, 0.6) is 0 Å². The van der Waals surface area contributed by atoms with Gasteiger partial charge in [0.1, 0.15) is 0 Å². The van der Waals surface area contributed by atoms with E-state index in [1.165, 1.54) is 84.1 Å². The summed E-state index contributed by atoms with van der Waals surface area (Å²) in [7, 11) is 0. The van der Waals surface area contributed by atoms with Crippen LogP contribution in [0.2, 0.25) is 0 Å². The van der Waals surface area contributed by atoms with E-state index in [4.69, 9.17) is 0 Å². The van der Waals surface area contributed by atoms with Crippen molar-refractivity contribution in [3.63, 3.8) is 0 Å². The van der Waals surface area contributed by atoms with Crippen molar-refractivity contribution in [3.8, 4) is 0 Å². The van der Waals surface area contributed by atoms with E-state index < -0.39 is 0 Å². The topological polar surface area (TPSA) is 15.3 Å². The highest BCUT2D eigenvalue weighted by Crippen LogP contribution is 2.37. The Hall–Kier alpha value is -0.0800. The number of hydrogen-bond acceptors (Lipinski definition) is 2. The van der Waals surface area contributed by atoms with Gasteiger partial charge in [0, 0.05) is 19.6 Å². The van der Waals surface area contributed by atoms with Gasteiger partial charge in [0.15, 0.2) is 0 Å². The van der Waals surface area contributed by atoms with Crippen molar-refractivity contribution >= 4 is 0 Å². The number of hydrogen-bond donors (Lipinski definition) is 1. The molecule has 0 unspecified atom stereocenters. The summed E-state index contributed by atoms with van der Waals surface area (Å²) >= 11 is 0. The molecule has 2 heteroatoms. The van der Waals surface area contributed by atoms with Crippen LogP contribution in [0.1, 0.15) is 72.1 Å². The second-order valence-corrected chi connectivity index (χ2v) is 8.21. The third-order valence-electron chi connectivity index (χ3n) is 5.71. The maximum Gasteiger partial charge on any atom is 0.00501 e. The molecule has 0 atom stereocenters. The molecule has 21 heavy (non-hydrogen) atoms. The summed E-state index contributed by atoms with van der Waals surface area (Å²) in [5.74, 6) is 1.78. The van der Waals surface area contributed by atoms with Gasteiger partial charge in [-0.1, -0.05) is 46.5 Å². The van der Waals surface area contributed by atoms with Crippen LogP contribution in [0.25, 0.3) is 0 Å². The first-order chi connectivity index (χ1) is 10.1. The molecule has 2 rings (SSSR count). The number of nitrogens with zero attached hydrogens (tertiary/aromatic N) is 1. The van der Waals surface area contributed by atoms with Crippen molar-refractivity contribution in [1.29, 1.82) is 0 Å². The summed E-state index contributed by atoms with van der Waals surface area (Å²) in [6.45, 7) is 13.3. The molecule has 2 saturated carbocycles. The van der Waals surface area contributed by atoms with E-state index in [0.717, 1.165) is 11.8 Å². The van der Waals surface area contributed by atoms with Gasteiger partial charge in [0.25, 0.3) is 0 Å². The Morgan fingerprint density at radius 1 is 1.10 bits per heavy atom.